The molecule has 0 aromatic heterocycles. The molecular formula is C12H15F3OS. The quantitative estimate of drug-likeness (QED) is 0.727. The van der Waals surface area contributed by atoms with Gasteiger partial charge < -0.3 is 4.74 Å². The number of halogens is 3. The summed E-state index contributed by atoms with van der Waals surface area (Å²) in [5.41, 5.74) is -3.16. The molecule has 0 N–H and O–H groups in total. The summed E-state index contributed by atoms with van der Waals surface area (Å²) in [6.45, 7) is 4.10. The number of para-hydroxylation sites is 1. The van der Waals surface area contributed by atoms with Gasteiger partial charge in [-0.1, -0.05) is 32.0 Å². The number of hydrogen-bond acceptors (Lipinski definition) is 2. The van der Waals surface area contributed by atoms with Crippen LogP contribution in [0.25, 0.3) is 0 Å². The van der Waals surface area contributed by atoms with Crippen molar-refractivity contribution in [3.63, 3.8) is 0 Å². The van der Waals surface area contributed by atoms with Gasteiger partial charge in [-0.25, -0.2) is 0 Å². The second-order valence-electron chi connectivity index (χ2n) is 3.84. The fourth-order valence-electron chi connectivity index (χ4n) is 1.40. The maximum absolute atomic E-state index is 11.9. The topological polar surface area (TPSA) is 9.23 Å². The van der Waals surface area contributed by atoms with Crippen LogP contribution in [-0.4, -0.2) is 17.9 Å². The smallest absolute Gasteiger partial charge is 0.441 e. The van der Waals surface area contributed by atoms with Gasteiger partial charge in [0.2, 0.25) is 0 Å². The van der Waals surface area contributed by atoms with E-state index in [0.717, 1.165) is 5.56 Å². The minimum atomic E-state index is -4.18. The van der Waals surface area contributed by atoms with E-state index < -0.39 is 5.51 Å². The van der Waals surface area contributed by atoms with Crippen LogP contribution in [0.4, 0.5) is 13.2 Å². The highest BCUT2D eigenvalue weighted by molar-refractivity contribution is 8.00. The van der Waals surface area contributed by atoms with Gasteiger partial charge in [0, 0.05) is 5.75 Å². The summed E-state index contributed by atoms with van der Waals surface area (Å²) in [5.74, 6) is 0.877. The molecule has 0 aliphatic heterocycles. The molecular weight excluding hydrogens is 249 g/mol. The summed E-state index contributed by atoms with van der Waals surface area (Å²) >= 11 is -0.0579. The molecule has 1 aromatic rings. The van der Waals surface area contributed by atoms with E-state index in [-0.39, 0.29) is 24.1 Å². The maximum atomic E-state index is 11.9. The molecule has 0 aliphatic rings. The van der Waals surface area contributed by atoms with Crippen molar-refractivity contribution in [2.75, 3.05) is 12.4 Å². The van der Waals surface area contributed by atoms with Crippen molar-refractivity contribution in [2.24, 2.45) is 0 Å². The van der Waals surface area contributed by atoms with Crippen molar-refractivity contribution >= 4 is 11.8 Å². The Kier molecular flexibility index (Phi) is 5.18. The highest BCUT2D eigenvalue weighted by atomic mass is 32.2. The van der Waals surface area contributed by atoms with E-state index in [2.05, 4.69) is 0 Å². The molecule has 0 unspecified atom stereocenters. The largest absolute Gasteiger partial charge is 0.492 e. The van der Waals surface area contributed by atoms with Gasteiger partial charge in [0.05, 0.1) is 6.61 Å². The summed E-state index contributed by atoms with van der Waals surface area (Å²) in [5, 5.41) is 0. The van der Waals surface area contributed by atoms with Crippen LogP contribution >= 0.6 is 11.8 Å². The van der Waals surface area contributed by atoms with Crippen molar-refractivity contribution in [3.05, 3.63) is 29.8 Å². The Morgan fingerprint density at radius 2 is 1.88 bits per heavy atom. The zero-order valence-corrected chi connectivity index (χ0v) is 10.6. The predicted octanol–water partition coefficient (Wildman–Crippen LogP) is 4.44. The van der Waals surface area contributed by atoms with Gasteiger partial charge >= 0.3 is 5.51 Å². The Morgan fingerprint density at radius 3 is 2.47 bits per heavy atom. The molecule has 0 bridgehead atoms. The van der Waals surface area contributed by atoms with Crippen LogP contribution in [0.5, 0.6) is 5.75 Å². The van der Waals surface area contributed by atoms with Gasteiger partial charge in [-0.15, -0.1) is 0 Å². The molecule has 0 radical (unpaired) electrons. The number of ether oxygens (including phenoxy) is 1. The van der Waals surface area contributed by atoms with Gasteiger partial charge in [-0.2, -0.15) is 13.2 Å². The maximum Gasteiger partial charge on any atom is 0.441 e. The van der Waals surface area contributed by atoms with E-state index in [9.17, 15) is 13.2 Å². The third-order valence-electron chi connectivity index (χ3n) is 2.15. The lowest BCUT2D eigenvalue weighted by atomic mass is 10.0. The lowest BCUT2D eigenvalue weighted by Crippen LogP contribution is -2.08. The Labute approximate surface area is 103 Å². The SMILES string of the molecule is CC(C)c1ccccc1OCCSC(F)(F)F. The number of hydrogen-bond donors (Lipinski definition) is 0. The van der Waals surface area contributed by atoms with Gasteiger partial charge in [0.15, 0.2) is 0 Å². The summed E-state index contributed by atoms with van der Waals surface area (Å²) in [6, 6.07) is 7.43. The average molecular weight is 264 g/mol. The third-order valence-corrected chi connectivity index (χ3v) is 2.85. The molecule has 1 nitrogen and oxygen atoms in total. The van der Waals surface area contributed by atoms with Crippen molar-refractivity contribution < 1.29 is 17.9 Å². The minimum Gasteiger partial charge on any atom is -0.492 e. The zero-order chi connectivity index (χ0) is 12.9. The van der Waals surface area contributed by atoms with Gasteiger partial charge in [0.25, 0.3) is 0 Å². The highest BCUT2D eigenvalue weighted by Gasteiger charge is 2.27. The molecule has 0 amide bonds. The Bertz CT molecular complexity index is 350. The second kappa shape index (κ2) is 6.19. The molecule has 0 atom stereocenters. The molecule has 5 heteroatoms. The summed E-state index contributed by atoms with van der Waals surface area (Å²) in [6.07, 6.45) is 0. The predicted molar refractivity (Wildman–Crippen MR) is 64.5 cm³/mol. The van der Waals surface area contributed by atoms with Gasteiger partial charge in [-0.3, -0.25) is 0 Å². The van der Waals surface area contributed by atoms with Crippen LogP contribution in [0.15, 0.2) is 24.3 Å². The summed E-state index contributed by atoms with van der Waals surface area (Å²) in [4.78, 5) is 0. The summed E-state index contributed by atoms with van der Waals surface area (Å²) in [7, 11) is 0. The van der Waals surface area contributed by atoms with Crippen LogP contribution < -0.4 is 4.74 Å². The van der Waals surface area contributed by atoms with Crippen molar-refractivity contribution in [2.45, 2.75) is 25.3 Å². The number of rotatable bonds is 5. The molecule has 1 aromatic carbocycles. The first-order valence-electron chi connectivity index (χ1n) is 5.32. The first-order chi connectivity index (χ1) is 7.90. The average Bonchev–Trinajstić information content (AvgIpc) is 2.23. The number of alkyl halides is 3. The van der Waals surface area contributed by atoms with E-state index in [0.29, 0.717) is 11.7 Å². The van der Waals surface area contributed by atoms with Crippen LogP contribution in [0.1, 0.15) is 25.3 Å². The standard InChI is InChI=1S/C12H15F3OS/c1-9(2)10-5-3-4-6-11(10)16-7-8-17-12(13,14)15/h3-6,9H,7-8H2,1-2H3. The molecule has 0 saturated heterocycles. The first kappa shape index (κ1) is 14.2. The molecule has 17 heavy (non-hydrogen) atoms. The summed E-state index contributed by atoms with van der Waals surface area (Å²) < 4.78 is 41.1. The monoisotopic (exact) mass is 264 g/mol. The van der Waals surface area contributed by atoms with Crippen LogP contribution in [0.3, 0.4) is 0 Å². The lowest BCUT2D eigenvalue weighted by Gasteiger charge is -2.13. The Hall–Kier alpha value is -0.840. The van der Waals surface area contributed by atoms with Crippen molar-refractivity contribution in [1.82, 2.24) is 0 Å². The Balaban J connectivity index is 2.47. The van der Waals surface area contributed by atoms with Gasteiger partial charge in [-0.05, 0) is 29.3 Å². The van der Waals surface area contributed by atoms with Crippen LogP contribution in [0.2, 0.25) is 0 Å². The van der Waals surface area contributed by atoms with Crippen LogP contribution in [0, 0.1) is 0 Å². The molecule has 0 aliphatic carbocycles. The fraction of sp³-hybridized carbons (Fsp3) is 0.500. The first-order valence-corrected chi connectivity index (χ1v) is 6.31. The highest BCUT2D eigenvalue weighted by Crippen LogP contribution is 2.30. The van der Waals surface area contributed by atoms with E-state index in [1.807, 2.05) is 32.0 Å². The van der Waals surface area contributed by atoms with E-state index >= 15 is 0 Å². The fourth-order valence-corrected chi connectivity index (χ4v) is 1.80. The Morgan fingerprint density at radius 1 is 1.24 bits per heavy atom. The number of thioether (sulfide) groups is 1. The van der Waals surface area contributed by atoms with E-state index in [4.69, 9.17) is 4.74 Å². The van der Waals surface area contributed by atoms with Crippen molar-refractivity contribution in [3.8, 4) is 5.75 Å². The molecule has 0 fully saturated rings. The van der Waals surface area contributed by atoms with Crippen LogP contribution in [-0.2, 0) is 0 Å². The third kappa shape index (κ3) is 5.35. The van der Waals surface area contributed by atoms with E-state index in [1.165, 1.54) is 0 Å². The van der Waals surface area contributed by atoms with E-state index in [1.54, 1.807) is 6.07 Å². The molecule has 0 saturated carbocycles. The zero-order valence-electron chi connectivity index (χ0n) is 9.75. The normalized spacial score (nSPS) is 11.9. The second-order valence-corrected chi connectivity index (χ2v) is 5.00. The molecule has 96 valence electrons. The molecule has 1 rings (SSSR count). The number of benzene rings is 1. The lowest BCUT2D eigenvalue weighted by molar-refractivity contribution is -0.0329. The van der Waals surface area contributed by atoms with Crippen molar-refractivity contribution in [1.29, 1.82) is 0 Å². The molecule has 0 spiro atoms. The molecule has 0 heterocycles. The minimum absolute atomic E-state index is 0.0579. The van der Waals surface area contributed by atoms with Gasteiger partial charge in [0.1, 0.15) is 5.75 Å².